The van der Waals surface area contributed by atoms with Gasteiger partial charge in [-0.15, -0.1) is 12.4 Å². The number of fused-ring (bicyclic) bond motifs is 1. The number of carbonyl (C=O) groups excluding carboxylic acids is 2. The van der Waals surface area contributed by atoms with Crippen molar-refractivity contribution in [3.05, 3.63) is 23.3 Å². The summed E-state index contributed by atoms with van der Waals surface area (Å²) in [7, 11) is 3.24. The van der Waals surface area contributed by atoms with E-state index in [0.29, 0.717) is 18.1 Å². The second-order valence-electron chi connectivity index (χ2n) is 7.89. The lowest BCUT2D eigenvalue weighted by atomic mass is 9.87. The van der Waals surface area contributed by atoms with Crippen LogP contribution >= 0.6 is 12.4 Å². The Bertz CT molecular complexity index is 711. The molecular formula is C21H34ClN3O4. The number of amides is 2. The Balaban J connectivity index is 0.00000420. The van der Waals surface area contributed by atoms with Gasteiger partial charge < -0.3 is 25.8 Å². The van der Waals surface area contributed by atoms with E-state index in [0.717, 1.165) is 30.6 Å². The number of aryl methyl sites for hydroxylation is 1. The summed E-state index contributed by atoms with van der Waals surface area (Å²) < 4.78 is 10.7. The molecular weight excluding hydrogens is 394 g/mol. The first kappa shape index (κ1) is 25.0. The van der Waals surface area contributed by atoms with Gasteiger partial charge in [0.1, 0.15) is 6.04 Å². The zero-order valence-electron chi connectivity index (χ0n) is 17.9. The Morgan fingerprint density at radius 3 is 2.24 bits per heavy atom. The molecule has 0 aromatic heterocycles. The van der Waals surface area contributed by atoms with Crippen molar-refractivity contribution in [2.24, 2.45) is 11.7 Å². The van der Waals surface area contributed by atoms with Gasteiger partial charge in [-0.3, -0.25) is 9.59 Å². The molecule has 29 heavy (non-hydrogen) atoms. The van der Waals surface area contributed by atoms with Gasteiger partial charge >= 0.3 is 0 Å². The highest BCUT2D eigenvalue weighted by Gasteiger charge is 2.26. The maximum absolute atomic E-state index is 12.5. The molecule has 0 bridgehead atoms. The van der Waals surface area contributed by atoms with Gasteiger partial charge in [-0.1, -0.05) is 13.8 Å². The highest BCUT2D eigenvalue weighted by molar-refractivity contribution is 5.89. The second kappa shape index (κ2) is 11.3. The van der Waals surface area contributed by atoms with Gasteiger partial charge in [0.15, 0.2) is 11.5 Å². The van der Waals surface area contributed by atoms with Crippen molar-refractivity contribution in [2.45, 2.75) is 64.6 Å². The molecule has 1 aromatic carbocycles. The summed E-state index contributed by atoms with van der Waals surface area (Å²) in [6, 6.07) is 2.77. The third-order valence-corrected chi connectivity index (χ3v) is 5.09. The van der Waals surface area contributed by atoms with Gasteiger partial charge in [-0.05, 0) is 61.8 Å². The van der Waals surface area contributed by atoms with E-state index in [1.54, 1.807) is 21.1 Å². The molecule has 1 aliphatic carbocycles. The molecule has 0 spiro atoms. The van der Waals surface area contributed by atoms with Crippen LogP contribution in [-0.2, 0) is 22.4 Å². The maximum atomic E-state index is 12.5. The normalized spacial score (nSPS) is 17.4. The fourth-order valence-electron chi connectivity index (χ4n) is 3.53. The van der Waals surface area contributed by atoms with Crippen LogP contribution in [0.25, 0.3) is 0 Å². The zero-order valence-corrected chi connectivity index (χ0v) is 18.7. The number of methoxy groups -OCH3 is 2. The van der Waals surface area contributed by atoms with E-state index in [1.807, 2.05) is 26.0 Å². The molecule has 1 aromatic rings. The van der Waals surface area contributed by atoms with Crippen molar-refractivity contribution in [1.29, 1.82) is 0 Å². The smallest absolute Gasteiger partial charge is 0.242 e. The fraction of sp³-hybridized carbons (Fsp3) is 0.619. The summed E-state index contributed by atoms with van der Waals surface area (Å²) in [6.45, 7) is 5.70. The lowest BCUT2D eigenvalue weighted by Crippen LogP contribution is -2.52. The summed E-state index contributed by atoms with van der Waals surface area (Å²) in [6.07, 6.45) is 2.99. The first-order chi connectivity index (χ1) is 13.2. The monoisotopic (exact) mass is 427 g/mol. The first-order valence-corrected chi connectivity index (χ1v) is 9.85. The molecule has 2 amide bonds. The zero-order chi connectivity index (χ0) is 20.8. The minimum Gasteiger partial charge on any atom is -0.493 e. The van der Waals surface area contributed by atoms with Crippen LogP contribution in [0, 0.1) is 5.92 Å². The van der Waals surface area contributed by atoms with Gasteiger partial charge in [0.25, 0.3) is 0 Å². The average Bonchev–Trinajstić information content (AvgIpc) is 2.65. The number of nitrogens with one attached hydrogen (secondary N) is 2. The minimum atomic E-state index is -0.627. The second-order valence-corrected chi connectivity index (χ2v) is 7.89. The summed E-state index contributed by atoms with van der Waals surface area (Å²) in [4.78, 5) is 24.7. The number of carbonyl (C=O) groups is 2. The van der Waals surface area contributed by atoms with Crippen molar-refractivity contribution >= 4 is 24.2 Å². The van der Waals surface area contributed by atoms with E-state index in [9.17, 15) is 9.59 Å². The van der Waals surface area contributed by atoms with Crippen LogP contribution in [0.1, 0.15) is 44.7 Å². The van der Waals surface area contributed by atoms with Crippen LogP contribution in [0.2, 0.25) is 0 Å². The third-order valence-electron chi connectivity index (χ3n) is 5.09. The van der Waals surface area contributed by atoms with E-state index in [2.05, 4.69) is 10.6 Å². The average molecular weight is 428 g/mol. The molecule has 8 heteroatoms. The molecule has 1 aliphatic rings. The predicted octanol–water partition coefficient (Wildman–Crippen LogP) is 1.98. The topological polar surface area (TPSA) is 103 Å². The highest BCUT2D eigenvalue weighted by Crippen LogP contribution is 2.34. The fourth-order valence-corrected chi connectivity index (χ4v) is 3.53. The Morgan fingerprint density at radius 1 is 1.10 bits per heavy atom. The Morgan fingerprint density at radius 2 is 1.69 bits per heavy atom. The third kappa shape index (κ3) is 6.78. The quantitative estimate of drug-likeness (QED) is 0.588. The van der Waals surface area contributed by atoms with Gasteiger partial charge in [0, 0.05) is 6.04 Å². The Labute approximate surface area is 179 Å². The molecule has 0 saturated heterocycles. The van der Waals surface area contributed by atoms with Gasteiger partial charge in [-0.2, -0.15) is 0 Å². The van der Waals surface area contributed by atoms with E-state index in [-0.39, 0.29) is 30.3 Å². The molecule has 1 unspecified atom stereocenters. The standard InChI is InChI=1S/C21H33N3O4.ClH/c1-12(2)8-17(22)21(26)23-13(3)20(25)24-16-7-6-14-10-18(27-4)19(28-5)11-15(14)9-16;/h10-13,16-17H,6-9,22H2,1-5H3,(H,23,26)(H,24,25);1H/t13-,16?,17-;/m0./s1. The lowest BCUT2D eigenvalue weighted by molar-refractivity contribution is -0.129. The van der Waals surface area contributed by atoms with E-state index in [4.69, 9.17) is 15.2 Å². The van der Waals surface area contributed by atoms with E-state index in [1.165, 1.54) is 5.56 Å². The summed E-state index contributed by atoms with van der Waals surface area (Å²) in [5.74, 6) is 1.25. The maximum Gasteiger partial charge on any atom is 0.242 e. The van der Waals surface area contributed by atoms with Crippen LogP contribution < -0.4 is 25.8 Å². The number of hydrogen-bond donors (Lipinski definition) is 3. The first-order valence-electron chi connectivity index (χ1n) is 9.85. The number of rotatable bonds is 8. The predicted molar refractivity (Wildman–Crippen MR) is 116 cm³/mol. The number of nitrogens with two attached hydrogens (primary N) is 1. The molecule has 164 valence electrons. The summed E-state index contributed by atoms with van der Waals surface area (Å²) >= 11 is 0. The molecule has 0 heterocycles. The van der Waals surface area contributed by atoms with Crippen LogP contribution in [0.3, 0.4) is 0 Å². The van der Waals surface area contributed by atoms with Crippen molar-refractivity contribution in [1.82, 2.24) is 10.6 Å². The molecule has 0 saturated carbocycles. The molecule has 0 aliphatic heterocycles. The van der Waals surface area contributed by atoms with Crippen molar-refractivity contribution in [3.63, 3.8) is 0 Å². The van der Waals surface area contributed by atoms with Crippen molar-refractivity contribution in [2.75, 3.05) is 14.2 Å². The van der Waals surface area contributed by atoms with E-state index < -0.39 is 12.1 Å². The van der Waals surface area contributed by atoms with Gasteiger partial charge in [0.2, 0.25) is 11.8 Å². The van der Waals surface area contributed by atoms with E-state index >= 15 is 0 Å². The number of hydrogen-bond acceptors (Lipinski definition) is 5. The molecule has 0 radical (unpaired) electrons. The number of benzene rings is 1. The number of ether oxygens (including phenoxy) is 2. The largest absolute Gasteiger partial charge is 0.493 e. The Kier molecular flexibility index (Phi) is 9.73. The van der Waals surface area contributed by atoms with Crippen LogP contribution in [0.5, 0.6) is 11.5 Å². The highest BCUT2D eigenvalue weighted by atomic mass is 35.5. The van der Waals surface area contributed by atoms with Crippen LogP contribution in [0.15, 0.2) is 12.1 Å². The summed E-state index contributed by atoms with van der Waals surface area (Å²) in [5, 5.41) is 5.76. The van der Waals surface area contributed by atoms with Crippen LogP contribution in [-0.4, -0.2) is 44.2 Å². The molecule has 4 N–H and O–H groups in total. The number of halogens is 1. The summed E-state index contributed by atoms with van der Waals surface area (Å²) in [5.41, 5.74) is 8.24. The van der Waals surface area contributed by atoms with Crippen molar-refractivity contribution < 1.29 is 19.1 Å². The molecule has 2 rings (SSSR count). The van der Waals surface area contributed by atoms with Crippen LogP contribution in [0.4, 0.5) is 0 Å². The molecule has 3 atom stereocenters. The van der Waals surface area contributed by atoms with Gasteiger partial charge in [-0.25, -0.2) is 0 Å². The van der Waals surface area contributed by atoms with Crippen molar-refractivity contribution in [3.8, 4) is 11.5 Å². The minimum absolute atomic E-state index is 0. The SMILES string of the molecule is COc1cc2c(cc1OC)CC(NC(=O)[C@H](C)NC(=O)[C@@H](N)CC(C)C)CC2.Cl. The molecule has 7 nitrogen and oxygen atoms in total. The lowest BCUT2D eigenvalue weighted by Gasteiger charge is -2.28. The Hall–Kier alpha value is -1.99. The molecule has 0 fully saturated rings. The van der Waals surface area contributed by atoms with Gasteiger partial charge in [0.05, 0.1) is 20.3 Å².